The SMILES string of the molecule is CCOC(=O)C1=C(CN(C)C(C)c2ccc(F)c(F)c2)NC(=O)NC1C. The van der Waals surface area contributed by atoms with Gasteiger partial charge in [-0.3, -0.25) is 4.90 Å². The van der Waals surface area contributed by atoms with E-state index in [1.54, 1.807) is 20.9 Å². The Labute approximate surface area is 151 Å². The number of ether oxygens (including phenoxy) is 1. The molecule has 142 valence electrons. The van der Waals surface area contributed by atoms with E-state index >= 15 is 0 Å². The molecule has 1 aliphatic heterocycles. The van der Waals surface area contributed by atoms with E-state index in [2.05, 4.69) is 10.6 Å². The molecule has 0 aromatic heterocycles. The fourth-order valence-corrected chi connectivity index (χ4v) is 2.82. The van der Waals surface area contributed by atoms with E-state index in [0.29, 0.717) is 16.8 Å². The topological polar surface area (TPSA) is 70.7 Å². The van der Waals surface area contributed by atoms with Crippen molar-refractivity contribution < 1.29 is 23.1 Å². The van der Waals surface area contributed by atoms with E-state index in [-0.39, 0.29) is 19.2 Å². The summed E-state index contributed by atoms with van der Waals surface area (Å²) < 4.78 is 31.7. The average Bonchev–Trinajstić information content (AvgIpc) is 2.56. The maximum Gasteiger partial charge on any atom is 0.337 e. The zero-order valence-electron chi connectivity index (χ0n) is 15.2. The Kier molecular flexibility index (Phi) is 6.31. The molecule has 6 nitrogen and oxygen atoms in total. The highest BCUT2D eigenvalue weighted by Gasteiger charge is 2.30. The molecule has 0 bridgehead atoms. The molecular weight excluding hydrogens is 344 g/mol. The van der Waals surface area contributed by atoms with Crippen LogP contribution in [0.5, 0.6) is 0 Å². The van der Waals surface area contributed by atoms with Gasteiger partial charge in [0.05, 0.1) is 18.2 Å². The minimum Gasteiger partial charge on any atom is -0.463 e. The van der Waals surface area contributed by atoms with E-state index < -0.39 is 29.7 Å². The van der Waals surface area contributed by atoms with Gasteiger partial charge in [-0.05, 0) is 45.5 Å². The summed E-state index contributed by atoms with van der Waals surface area (Å²) in [6, 6.07) is 2.54. The van der Waals surface area contributed by atoms with E-state index in [9.17, 15) is 18.4 Å². The number of nitrogens with one attached hydrogen (secondary N) is 2. The molecule has 0 aliphatic carbocycles. The van der Waals surface area contributed by atoms with Gasteiger partial charge in [0.15, 0.2) is 11.6 Å². The van der Waals surface area contributed by atoms with Crippen LogP contribution in [0.2, 0.25) is 0 Å². The molecule has 0 radical (unpaired) electrons. The molecule has 2 unspecified atom stereocenters. The highest BCUT2D eigenvalue weighted by molar-refractivity contribution is 5.94. The van der Waals surface area contributed by atoms with Crippen LogP contribution in [0.3, 0.4) is 0 Å². The Morgan fingerprint density at radius 1 is 1.35 bits per heavy atom. The Bertz CT molecular complexity index is 736. The number of nitrogens with zero attached hydrogens (tertiary/aromatic N) is 1. The molecule has 0 saturated carbocycles. The van der Waals surface area contributed by atoms with Crippen LogP contribution in [-0.4, -0.2) is 43.1 Å². The number of benzene rings is 1. The van der Waals surface area contributed by atoms with Crippen LogP contribution in [0, 0.1) is 11.6 Å². The lowest BCUT2D eigenvalue weighted by atomic mass is 10.0. The summed E-state index contributed by atoms with van der Waals surface area (Å²) in [5.74, 6) is -2.33. The second-order valence-corrected chi connectivity index (χ2v) is 6.20. The molecule has 1 aromatic carbocycles. The normalized spacial score (nSPS) is 18.4. The smallest absolute Gasteiger partial charge is 0.337 e. The lowest BCUT2D eigenvalue weighted by Gasteiger charge is -2.31. The summed E-state index contributed by atoms with van der Waals surface area (Å²) in [5.41, 5.74) is 1.35. The molecule has 2 atom stereocenters. The van der Waals surface area contributed by atoms with E-state index in [0.717, 1.165) is 12.1 Å². The fourth-order valence-electron chi connectivity index (χ4n) is 2.82. The van der Waals surface area contributed by atoms with Gasteiger partial charge >= 0.3 is 12.0 Å². The minimum atomic E-state index is -0.919. The second-order valence-electron chi connectivity index (χ2n) is 6.20. The van der Waals surface area contributed by atoms with Crippen LogP contribution in [0.15, 0.2) is 29.5 Å². The number of hydrogen-bond acceptors (Lipinski definition) is 4. The van der Waals surface area contributed by atoms with Gasteiger partial charge in [0.1, 0.15) is 0 Å². The molecule has 0 fully saturated rings. The van der Waals surface area contributed by atoms with Crippen LogP contribution in [0.4, 0.5) is 13.6 Å². The van der Waals surface area contributed by atoms with Gasteiger partial charge in [0.2, 0.25) is 0 Å². The molecule has 26 heavy (non-hydrogen) atoms. The Hall–Kier alpha value is -2.48. The number of urea groups is 1. The first-order chi connectivity index (χ1) is 12.2. The van der Waals surface area contributed by atoms with E-state index in [1.165, 1.54) is 6.07 Å². The third-order valence-electron chi connectivity index (χ3n) is 4.36. The fraction of sp³-hybridized carbons (Fsp3) is 0.444. The van der Waals surface area contributed by atoms with Crippen molar-refractivity contribution in [2.75, 3.05) is 20.2 Å². The summed E-state index contributed by atoms with van der Waals surface area (Å²) >= 11 is 0. The summed E-state index contributed by atoms with van der Waals surface area (Å²) in [7, 11) is 1.76. The predicted octanol–water partition coefficient (Wildman–Crippen LogP) is 2.48. The number of carbonyl (C=O) groups is 2. The quantitative estimate of drug-likeness (QED) is 0.758. The first-order valence-corrected chi connectivity index (χ1v) is 8.37. The van der Waals surface area contributed by atoms with Crippen molar-refractivity contribution in [1.82, 2.24) is 15.5 Å². The third kappa shape index (κ3) is 4.37. The monoisotopic (exact) mass is 367 g/mol. The first-order valence-electron chi connectivity index (χ1n) is 8.37. The Balaban J connectivity index is 2.26. The largest absolute Gasteiger partial charge is 0.463 e. The molecule has 2 amide bonds. The highest BCUT2D eigenvalue weighted by Crippen LogP contribution is 2.23. The van der Waals surface area contributed by atoms with Crippen molar-refractivity contribution in [3.63, 3.8) is 0 Å². The minimum absolute atomic E-state index is 0.220. The number of hydrogen-bond donors (Lipinski definition) is 2. The molecule has 1 aromatic rings. The summed E-state index contributed by atoms with van der Waals surface area (Å²) in [4.78, 5) is 25.9. The summed E-state index contributed by atoms with van der Waals surface area (Å²) in [6.45, 7) is 5.67. The summed E-state index contributed by atoms with van der Waals surface area (Å²) in [5, 5.41) is 5.27. The molecule has 0 spiro atoms. The molecule has 2 N–H and O–H groups in total. The third-order valence-corrected chi connectivity index (χ3v) is 4.36. The number of carbonyl (C=O) groups excluding carboxylic acids is 2. The first kappa shape index (κ1) is 19.8. The standard InChI is InChI=1S/C18H23F2N3O3/c1-5-26-17(24)16-10(2)21-18(25)22-15(16)9-23(4)11(3)12-6-7-13(19)14(20)8-12/h6-8,10-11H,5,9H2,1-4H3,(H2,21,22,25). The maximum atomic E-state index is 13.5. The Morgan fingerprint density at radius 2 is 2.04 bits per heavy atom. The van der Waals surface area contributed by atoms with Gasteiger partial charge in [0.25, 0.3) is 0 Å². The van der Waals surface area contributed by atoms with Crippen LogP contribution in [0.25, 0.3) is 0 Å². The van der Waals surface area contributed by atoms with Gasteiger partial charge in [-0.2, -0.15) is 0 Å². The number of likely N-dealkylation sites (N-methyl/N-ethyl adjacent to an activating group) is 1. The highest BCUT2D eigenvalue weighted by atomic mass is 19.2. The number of amides is 2. The molecule has 0 saturated heterocycles. The molecule has 2 rings (SSSR count). The zero-order chi connectivity index (χ0) is 19.4. The van der Waals surface area contributed by atoms with Crippen molar-refractivity contribution in [2.24, 2.45) is 0 Å². The van der Waals surface area contributed by atoms with Crippen molar-refractivity contribution in [1.29, 1.82) is 0 Å². The second kappa shape index (κ2) is 8.27. The molecule has 8 heteroatoms. The van der Waals surface area contributed by atoms with Crippen molar-refractivity contribution in [3.8, 4) is 0 Å². The van der Waals surface area contributed by atoms with Gasteiger partial charge in [0, 0.05) is 18.3 Å². The van der Waals surface area contributed by atoms with Crippen molar-refractivity contribution in [3.05, 3.63) is 46.7 Å². The number of esters is 1. The van der Waals surface area contributed by atoms with Crippen molar-refractivity contribution >= 4 is 12.0 Å². The van der Waals surface area contributed by atoms with Crippen LogP contribution < -0.4 is 10.6 Å². The lowest BCUT2D eigenvalue weighted by Crippen LogP contribution is -2.51. The molecule has 1 aliphatic rings. The molecular formula is C18H23F2N3O3. The van der Waals surface area contributed by atoms with Crippen LogP contribution in [0.1, 0.15) is 32.4 Å². The van der Waals surface area contributed by atoms with E-state index in [4.69, 9.17) is 4.74 Å². The Morgan fingerprint density at radius 3 is 2.65 bits per heavy atom. The zero-order valence-corrected chi connectivity index (χ0v) is 15.2. The van der Waals surface area contributed by atoms with Gasteiger partial charge in [-0.25, -0.2) is 18.4 Å². The van der Waals surface area contributed by atoms with Gasteiger partial charge in [-0.15, -0.1) is 0 Å². The molecule has 1 heterocycles. The maximum absolute atomic E-state index is 13.5. The summed E-state index contributed by atoms with van der Waals surface area (Å²) in [6.07, 6.45) is 0. The lowest BCUT2D eigenvalue weighted by molar-refractivity contribution is -0.139. The van der Waals surface area contributed by atoms with Crippen LogP contribution >= 0.6 is 0 Å². The number of rotatable bonds is 6. The van der Waals surface area contributed by atoms with Crippen LogP contribution in [-0.2, 0) is 9.53 Å². The average molecular weight is 367 g/mol. The predicted molar refractivity (Wildman–Crippen MR) is 92.2 cm³/mol. The van der Waals surface area contributed by atoms with Crippen molar-refractivity contribution in [2.45, 2.75) is 32.9 Å². The van der Waals surface area contributed by atoms with Gasteiger partial charge in [-0.1, -0.05) is 6.07 Å². The van der Waals surface area contributed by atoms with E-state index in [1.807, 2.05) is 11.8 Å². The van der Waals surface area contributed by atoms with Gasteiger partial charge < -0.3 is 15.4 Å². The number of halogens is 2.